The van der Waals surface area contributed by atoms with Gasteiger partial charge in [0.2, 0.25) is 0 Å². The zero-order valence-electron chi connectivity index (χ0n) is 11.3. The molecule has 1 heterocycles. The van der Waals surface area contributed by atoms with E-state index >= 15 is 0 Å². The van der Waals surface area contributed by atoms with Gasteiger partial charge >= 0.3 is 0 Å². The van der Waals surface area contributed by atoms with Crippen LogP contribution in [-0.2, 0) is 0 Å². The predicted octanol–water partition coefficient (Wildman–Crippen LogP) is 1.26. The molecule has 1 rings (SSSR count). The average molecular weight is 227 g/mol. The van der Waals surface area contributed by atoms with Crippen molar-refractivity contribution in [3.63, 3.8) is 0 Å². The molecule has 1 fully saturated rings. The second-order valence-corrected chi connectivity index (χ2v) is 5.06. The van der Waals surface area contributed by atoms with E-state index in [1.807, 2.05) is 0 Å². The first-order valence-corrected chi connectivity index (χ1v) is 6.87. The van der Waals surface area contributed by atoms with Crippen LogP contribution in [0.25, 0.3) is 0 Å². The van der Waals surface area contributed by atoms with E-state index in [0.29, 0.717) is 0 Å². The van der Waals surface area contributed by atoms with Crippen LogP contribution in [0.3, 0.4) is 0 Å². The second-order valence-electron chi connectivity index (χ2n) is 5.06. The molecule has 1 atom stereocenters. The molecule has 1 unspecified atom stereocenters. The molecule has 3 heteroatoms. The highest BCUT2D eigenvalue weighted by molar-refractivity contribution is 4.77. The summed E-state index contributed by atoms with van der Waals surface area (Å²) in [6.07, 6.45) is 2.63. The first-order chi connectivity index (χ1) is 7.76. The van der Waals surface area contributed by atoms with E-state index < -0.39 is 0 Å². The Bertz CT molecular complexity index is 173. The standard InChI is InChI=1S/C13H29N3/c1-4-7-14-11-13-6-8-16(12-13)10-9-15(3)5-2/h13-14H,4-12H2,1-3H3. The highest BCUT2D eigenvalue weighted by Gasteiger charge is 2.21. The lowest BCUT2D eigenvalue weighted by Gasteiger charge is -2.20. The van der Waals surface area contributed by atoms with Gasteiger partial charge in [-0.25, -0.2) is 0 Å². The van der Waals surface area contributed by atoms with Crippen LogP contribution in [-0.4, -0.2) is 62.7 Å². The van der Waals surface area contributed by atoms with E-state index in [0.717, 1.165) is 12.5 Å². The smallest absolute Gasteiger partial charge is 0.0109 e. The minimum Gasteiger partial charge on any atom is -0.316 e. The highest BCUT2D eigenvalue weighted by Crippen LogP contribution is 2.14. The van der Waals surface area contributed by atoms with Gasteiger partial charge < -0.3 is 15.1 Å². The topological polar surface area (TPSA) is 18.5 Å². The second kappa shape index (κ2) is 8.04. The molecule has 0 spiro atoms. The summed E-state index contributed by atoms with van der Waals surface area (Å²) in [4.78, 5) is 5.01. The van der Waals surface area contributed by atoms with Crippen molar-refractivity contribution >= 4 is 0 Å². The number of nitrogens with zero attached hydrogens (tertiary/aromatic N) is 2. The van der Waals surface area contributed by atoms with E-state index in [9.17, 15) is 0 Å². The van der Waals surface area contributed by atoms with E-state index in [-0.39, 0.29) is 0 Å². The Morgan fingerprint density at radius 2 is 2.19 bits per heavy atom. The lowest BCUT2D eigenvalue weighted by molar-refractivity contribution is 0.257. The Kier molecular flexibility index (Phi) is 7.01. The summed E-state index contributed by atoms with van der Waals surface area (Å²) in [6.45, 7) is 13.1. The quantitative estimate of drug-likeness (QED) is 0.630. The molecule has 16 heavy (non-hydrogen) atoms. The summed E-state index contributed by atoms with van der Waals surface area (Å²) in [5, 5.41) is 3.54. The Morgan fingerprint density at radius 3 is 2.88 bits per heavy atom. The van der Waals surface area contributed by atoms with Crippen LogP contribution in [0.15, 0.2) is 0 Å². The third-order valence-electron chi connectivity index (χ3n) is 3.57. The van der Waals surface area contributed by atoms with Crippen LogP contribution < -0.4 is 5.32 Å². The number of likely N-dealkylation sites (N-methyl/N-ethyl adjacent to an activating group) is 1. The zero-order chi connectivity index (χ0) is 11.8. The van der Waals surface area contributed by atoms with E-state index in [1.165, 1.54) is 52.1 Å². The molecule has 1 aliphatic heterocycles. The number of hydrogen-bond donors (Lipinski definition) is 1. The van der Waals surface area contributed by atoms with Crippen molar-refractivity contribution in [2.24, 2.45) is 5.92 Å². The van der Waals surface area contributed by atoms with Crippen LogP contribution in [0.1, 0.15) is 26.7 Å². The molecular formula is C13H29N3. The number of nitrogens with one attached hydrogen (secondary N) is 1. The van der Waals surface area contributed by atoms with Gasteiger partial charge in [-0.15, -0.1) is 0 Å². The van der Waals surface area contributed by atoms with Crippen LogP contribution in [0.2, 0.25) is 0 Å². The molecule has 0 amide bonds. The third-order valence-corrected chi connectivity index (χ3v) is 3.57. The average Bonchev–Trinajstić information content (AvgIpc) is 2.74. The number of rotatable bonds is 8. The normalized spacial score (nSPS) is 22.1. The summed E-state index contributed by atoms with van der Waals surface area (Å²) in [6, 6.07) is 0. The highest BCUT2D eigenvalue weighted by atomic mass is 15.2. The summed E-state index contributed by atoms with van der Waals surface area (Å²) < 4.78 is 0. The van der Waals surface area contributed by atoms with Crippen LogP contribution >= 0.6 is 0 Å². The van der Waals surface area contributed by atoms with Gasteiger partial charge in [0.1, 0.15) is 0 Å². The van der Waals surface area contributed by atoms with Gasteiger partial charge in [-0.1, -0.05) is 13.8 Å². The molecule has 0 bridgehead atoms. The van der Waals surface area contributed by atoms with E-state index in [4.69, 9.17) is 0 Å². The molecule has 0 radical (unpaired) electrons. The molecule has 3 nitrogen and oxygen atoms in total. The minimum atomic E-state index is 0.887. The van der Waals surface area contributed by atoms with Crippen molar-refractivity contribution in [1.82, 2.24) is 15.1 Å². The summed E-state index contributed by atoms with van der Waals surface area (Å²) in [5.41, 5.74) is 0. The maximum atomic E-state index is 3.54. The first-order valence-electron chi connectivity index (χ1n) is 6.87. The fourth-order valence-corrected chi connectivity index (χ4v) is 2.24. The van der Waals surface area contributed by atoms with Crippen molar-refractivity contribution in [3.8, 4) is 0 Å². The minimum absolute atomic E-state index is 0.887. The maximum absolute atomic E-state index is 3.54. The fourth-order valence-electron chi connectivity index (χ4n) is 2.24. The van der Waals surface area contributed by atoms with Gasteiger partial charge in [0.25, 0.3) is 0 Å². The zero-order valence-corrected chi connectivity index (χ0v) is 11.3. The fraction of sp³-hybridized carbons (Fsp3) is 1.00. The first kappa shape index (κ1) is 13.9. The molecule has 0 aromatic heterocycles. The van der Waals surface area contributed by atoms with Gasteiger partial charge in [-0.3, -0.25) is 0 Å². The Balaban J connectivity index is 2.05. The lowest BCUT2D eigenvalue weighted by Crippen LogP contribution is -2.33. The Hall–Kier alpha value is -0.120. The molecular weight excluding hydrogens is 198 g/mol. The maximum Gasteiger partial charge on any atom is 0.0109 e. The number of hydrogen-bond acceptors (Lipinski definition) is 3. The SMILES string of the molecule is CCCNCC1CCN(CCN(C)CC)C1. The predicted molar refractivity (Wildman–Crippen MR) is 70.9 cm³/mol. The summed E-state index contributed by atoms with van der Waals surface area (Å²) in [7, 11) is 2.20. The van der Waals surface area contributed by atoms with Crippen molar-refractivity contribution in [2.45, 2.75) is 26.7 Å². The molecule has 0 aliphatic carbocycles. The van der Waals surface area contributed by atoms with Crippen molar-refractivity contribution in [3.05, 3.63) is 0 Å². The molecule has 1 N–H and O–H groups in total. The Morgan fingerprint density at radius 1 is 1.38 bits per heavy atom. The van der Waals surface area contributed by atoms with Gasteiger partial charge in [-0.2, -0.15) is 0 Å². The van der Waals surface area contributed by atoms with Gasteiger partial charge in [0.15, 0.2) is 0 Å². The van der Waals surface area contributed by atoms with Gasteiger partial charge in [0.05, 0.1) is 0 Å². The summed E-state index contributed by atoms with van der Waals surface area (Å²) in [5.74, 6) is 0.887. The lowest BCUT2D eigenvalue weighted by atomic mass is 10.1. The Labute approximate surface area is 101 Å². The largest absolute Gasteiger partial charge is 0.316 e. The number of likely N-dealkylation sites (tertiary alicyclic amines) is 1. The van der Waals surface area contributed by atoms with E-state index in [2.05, 4.69) is 36.0 Å². The van der Waals surface area contributed by atoms with Crippen LogP contribution in [0, 0.1) is 5.92 Å². The third kappa shape index (κ3) is 5.28. The monoisotopic (exact) mass is 227 g/mol. The van der Waals surface area contributed by atoms with Crippen molar-refractivity contribution in [2.75, 3.05) is 52.9 Å². The van der Waals surface area contributed by atoms with Crippen molar-refractivity contribution in [1.29, 1.82) is 0 Å². The molecule has 1 saturated heterocycles. The molecule has 96 valence electrons. The van der Waals surface area contributed by atoms with Crippen LogP contribution in [0.4, 0.5) is 0 Å². The summed E-state index contributed by atoms with van der Waals surface area (Å²) >= 11 is 0. The van der Waals surface area contributed by atoms with Gasteiger partial charge in [-0.05, 0) is 52.0 Å². The van der Waals surface area contributed by atoms with Gasteiger partial charge in [0, 0.05) is 19.6 Å². The molecule has 0 saturated carbocycles. The van der Waals surface area contributed by atoms with Crippen LogP contribution in [0.5, 0.6) is 0 Å². The van der Waals surface area contributed by atoms with Crippen molar-refractivity contribution < 1.29 is 0 Å². The van der Waals surface area contributed by atoms with E-state index in [1.54, 1.807) is 0 Å². The molecule has 1 aliphatic rings. The molecule has 0 aromatic carbocycles. The molecule has 0 aromatic rings.